The van der Waals surface area contributed by atoms with Crippen molar-refractivity contribution >= 4 is 0 Å². The van der Waals surface area contributed by atoms with E-state index in [9.17, 15) is 0 Å². The Morgan fingerprint density at radius 2 is 0.267 bits per heavy atom. The fourth-order valence-corrected chi connectivity index (χ4v) is 21.4. The lowest BCUT2D eigenvalue weighted by Crippen LogP contribution is -2.47. The fourth-order valence-electron chi connectivity index (χ4n) is 21.4. The van der Waals surface area contributed by atoms with Crippen LogP contribution in [0.5, 0.6) is 0 Å². The Morgan fingerprint density at radius 3 is 0.380 bits per heavy atom. The maximum atomic E-state index is 2.44. The van der Waals surface area contributed by atoms with Crippen LogP contribution < -0.4 is 0 Å². The van der Waals surface area contributed by atoms with Gasteiger partial charge in [0.2, 0.25) is 0 Å². The minimum Gasteiger partial charge on any atom is -0.0649 e. The van der Waals surface area contributed by atoms with Crippen LogP contribution in [0.4, 0.5) is 0 Å². The third-order valence-corrected chi connectivity index (χ3v) is 41.7. The Labute approximate surface area is 929 Å². The van der Waals surface area contributed by atoms with E-state index < -0.39 is 0 Å². The molecule has 0 heterocycles. The zero-order valence-corrected chi connectivity index (χ0v) is 105. The molecule has 0 aromatic heterocycles. The number of hydrogen-bond acceptors (Lipinski definition) is 0. The van der Waals surface area contributed by atoms with Gasteiger partial charge in [-0.2, -0.15) is 0 Å². The third kappa shape index (κ3) is 34.8. The van der Waals surface area contributed by atoms with Gasteiger partial charge in [0, 0.05) is 27.1 Å². The van der Waals surface area contributed by atoms with Crippen LogP contribution >= 0.6 is 0 Å². The lowest BCUT2D eigenvalue weighted by atomic mass is 9.53. The summed E-state index contributed by atoms with van der Waals surface area (Å²) in [4.78, 5) is 0. The molecule has 0 saturated heterocycles. The lowest BCUT2D eigenvalue weighted by Gasteiger charge is -2.48. The van der Waals surface area contributed by atoms with Gasteiger partial charge >= 0.3 is 0 Å². The van der Waals surface area contributed by atoms with Crippen molar-refractivity contribution in [2.24, 2.45) is 65.0 Å². The molecule has 0 fully saturated rings. The smallest absolute Gasteiger partial charge is 0.0309 e. The van der Waals surface area contributed by atoms with E-state index in [1.54, 1.807) is 0 Å². The molecular weight excluding hydrogens is 1800 g/mol. The Bertz CT molecular complexity index is 4890. The zero-order chi connectivity index (χ0) is 114. The average Bonchev–Trinajstić information content (AvgIpc) is 0.714. The van der Waals surface area contributed by atoms with Gasteiger partial charge in [0.25, 0.3) is 0 Å². The molecule has 0 radical (unpaired) electrons. The fraction of sp³-hybridized carbons (Fsp3) is 0.520. The topological polar surface area (TPSA) is 0 Å². The minimum atomic E-state index is -0.252. The predicted molar refractivity (Wildman–Crippen MR) is 675 cm³/mol. The predicted octanol–water partition coefficient (Wildman–Crippen LogP) is 46.9. The largest absolute Gasteiger partial charge is 0.0649 e. The van der Waals surface area contributed by atoms with E-state index in [1.165, 1.54) is 157 Å². The number of hydrogen-bond donors (Lipinski definition) is 0. The molecule has 0 amide bonds. The standard InChI is InChI=1S/C28H26.2C22H22.C16H18.C12H26.5C10H22/c1-27(23-15-7-3-8-16-23,24-17-9-4-10-18-24)28(2,25-19-11-5-12-20-25)26-21-13-6-14-22-26;2*1-18(19-12-6-3-7-13-19)22(2,20-14-8-4-9-15-20)21-16-10-5-11-17-21;1-3-16(2,14-10-6-4-7-11-14)15-12-8-5-9-13-15;1-7-11(5,8-2)12(6,9-3)10-4;2*1-7-9(3,4)10(5,6)8-2;3*1-7-10(6,8-2)9(3,4)5/h3-22H,1-2H3;2*3-18H,1-2H3;4-13H,3H2,1-2H3;7-10H2,1-6H3;5*7-8H2,1-6H3/t;18-;;;;;;;;/m.0......../s1. The molecule has 12 rings (SSSR count). The normalized spacial score (nSPS) is 12.9. The first-order chi connectivity index (χ1) is 70.2. The Balaban J connectivity index is 0.000000440. The van der Waals surface area contributed by atoms with E-state index in [-0.39, 0.29) is 27.1 Å². The lowest BCUT2D eigenvalue weighted by molar-refractivity contribution is 0.0500. The van der Waals surface area contributed by atoms with E-state index >= 15 is 0 Å². The Hall–Kier alpha value is -9.36. The van der Waals surface area contributed by atoms with Gasteiger partial charge in [0.1, 0.15) is 0 Å². The molecule has 0 bridgehead atoms. The van der Waals surface area contributed by atoms with Crippen molar-refractivity contribution in [2.75, 3.05) is 0 Å². The average molecular weight is 2030 g/mol. The van der Waals surface area contributed by atoms with E-state index in [2.05, 4.69) is 669 Å². The Morgan fingerprint density at radius 1 is 0.140 bits per heavy atom. The van der Waals surface area contributed by atoms with Crippen LogP contribution in [0, 0.1) is 65.0 Å². The summed E-state index contributed by atoms with van der Waals surface area (Å²) in [7, 11) is 0. The van der Waals surface area contributed by atoms with Gasteiger partial charge in [-0.05, 0) is 150 Å². The number of rotatable bonds is 33. The Kier molecular flexibility index (Phi) is 54.9. The van der Waals surface area contributed by atoms with Gasteiger partial charge in [0.05, 0.1) is 0 Å². The maximum absolute atomic E-state index is 2.44. The minimum absolute atomic E-state index is 0.0517. The molecule has 0 nitrogen and oxygen atoms in total. The highest BCUT2D eigenvalue weighted by Crippen LogP contribution is 2.56. The number of benzene rings is 12. The second-order valence-corrected chi connectivity index (χ2v) is 51.3. The molecule has 0 heteroatoms. The van der Waals surface area contributed by atoms with Crippen molar-refractivity contribution in [1.82, 2.24) is 0 Å². The molecule has 150 heavy (non-hydrogen) atoms. The van der Waals surface area contributed by atoms with Gasteiger partial charge in [-0.3, -0.25) is 0 Å². The van der Waals surface area contributed by atoms with Crippen LogP contribution in [0.1, 0.15) is 480 Å². The van der Waals surface area contributed by atoms with Gasteiger partial charge in [-0.25, -0.2) is 0 Å². The molecule has 12 aromatic rings. The van der Waals surface area contributed by atoms with Crippen molar-refractivity contribution in [2.45, 2.75) is 440 Å². The van der Waals surface area contributed by atoms with E-state index in [0.717, 1.165) is 6.42 Å². The van der Waals surface area contributed by atoms with E-state index in [4.69, 9.17) is 0 Å². The van der Waals surface area contributed by atoms with E-state index in [0.29, 0.717) is 76.8 Å². The second-order valence-electron chi connectivity index (χ2n) is 51.3. The molecule has 824 valence electrons. The summed E-state index contributed by atoms with van der Waals surface area (Å²) in [5.74, 6) is 0.775. The van der Waals surface area contributed by atoms with Crippen LogP contribution in [-0.2, 0) is 27.1 Å². The summed E-state index contributed by atoms with van der Waals surface area (Å²) in [5, 5.41) is 0. The summed E-state index contributed by atoms with van der Waals surface area (Å²) in [6.07, 6.45) is 19.1. The van der Waals surface area contributed by atoms with Crippen LogP contribution in [0.3, 0.4) is 0 Å². The first kappa shape index (κ1) is 135. The van der Waals surface area contributed by atoms with Crippen LogP contribution in [-0.4, -0.2) is 0 Å². The molecule has 1 unspecified atom stereocenters. The first-order valence-corrected chi connectivity index (χ1v) is 58.9. The van der Waals surface area contributed by atoms with Crippen molar-refractivity contribution in [1.29, 1.82) is 0 Å². The van der Waals surface area contributed by atoms with Crippen molar-refractivity contribution in [3.05, 3.63) is 431 Å². The van der Waals surface area contributed by atoms with Crippen molar-refractivity contribution in [3.63, 3.8) is 0 Å². The summed E-state index contributed by atoms with van der Waals surface area (Å²) in [6, 6.07) is 130. The highest BCUT2D eigenvalue weighted by molar-refractivity contribution is 5.55. The molecule has 0 saturated carbocycles. The van der Waals surface area contributed by atoms with Crippen LogP contribution in [0.25, 0.3) is 0 Å². The van der Waals surface area contributed by atoms with Gasteiger partial charge in [-0.15, -0.1) is 0 Å². The highest BCUT2D eigenvalue weighted by atomic mass is 14.5. The SMILES string of the molecule is CC(c1ccccc1)(c1ccccc1)C(C)(c1ccccc1)c1ccccc1.CC(c1ccccc1)C(C)(c1ccccc1)c1ccccc1.CCC(C)(C)C(C)(C)CC.CCC(C)(C)C(C)(C)CC.CCC(C)(CC)C(C)(C)C.CCC(C)(CC)C(C)(C)C.CCC(C)(CC)C(C)(C)C.CCC(C)(CC)C(C)(CC)CC.CCC(C)(c1ccccc1)c1ccccc1.C[C@@H](c1ccccc1)C(C)(c1ccccc1)c1ccccc1. The molecule has 12 aromatic carbocycles. The van der Waals surface area contributed by atoms with Crippen LogP contribution in [0.15, 0.2) is 364 Å². The van der Waals surface area contributed by atoms with Gasteiger partial charge in [-0.1, -0.05) is 759 Å². The van der Waals surface area contributed by atoms with Crippen LogP contribution in [0.2, 0.25) is 0 Å². The molecule has 0 N–H and O–H groups in total. The molecule has 2 atom stereocenters. The maximum Gasteiger partial charge on any atom is 0.0309 e. The van der Waals surface area contributed by atoms with Crippen molar-refractivity contribution in [3.8, 4) is 0 Å². The van der Waals surface area contributed by atoms with Gasteiger partial charge < -0.3 is 0 Å². The first-order valence-electron chi connectivity index (χ1n) is 58.9. The van der Waals surface area contributed by atoms with Gasteiger partial charge in [0.15, 0.2) is 0 Å². The summed E-state index contributed by atoms with van der Waals surface area (Å²) in [6.45, 7) is 103. The summed E-state index contributed by atoms with van der Waals surface area (Å²) in [5.41, 5.74) is 21.7. The monoisotopic (exact) mass is 2030 g/mol. The molecule has 0 aliphatic heterocycles. The molecule has 0 spiro atoms. The molecular formula is C150H224. The summed E-state index contributed by atoms with van der Waals surface area (Å²) < 4.78 is 0. The second kappa shape index (κ2) is 61.1. The molecule has 0 aliphatic carbocycles. The highest BCUT2D eigenvalue weighted by Gasteiger charge is 2.50. The van der Waals surface area contributed by atoms with E-state index in [1.807, 2.05) is 0 Å². The van der Waals surface area contributed by atoms with Crippen molar-refractivity contribution < 1.29 is 0 Å². The molecule has 0 aliphatic rings. The quantitative estimate of drug-likeness (QED) is 0.0385. The zero-order valence-electron chi connectivity index (χ0n) is 105. The summed E-state index contributed by atoms with van der Waals surface area (Å²) >= 11 is 0. The third-order valence-electron chi connectivity index (χ3n) is 41.7.